The average Bonchev–Trinajstić information content (AvgIpc) is 3.44. The Morgan fingerprint density at radius 3 is 0.805 bits per heavy atom. The molecule has 440 valence electrons. The molecule has 3 heteroatoms. The number of unbranched alkanes of at least 4 members (excludes halogenated alkanes) is 42. The summed E-state index contributed by atoms with van der Waals surface area (Å²) in [4.78, 5) is 11.1. The van der Waals surface area contributed by atoms with Crippen LogP contribution in [0.3, 0.4) is 0 Å². The summed E-state index contributed by atoms with van der Waals surface area (Å²) in [7, 11) is 0. The van der Waals surface area contributed by atoms with Crippen LogP contribution in [0.1, 0.15) is 360 Å². The molecule has 0 unspecified atom stereocenters. The van der Waals surface area contributed by atoms with Crippen LogP contribution in [-0.2, 0) is 33.3 Å². The smallest absolute Gasteiger partial charge is 0.0665 e. The van der Waals surface area contributed by atoms with Crippen LogP contribution in [-0.4, -0.2) is 11.4 Å². The molecule has 2 aromatic carbocycles. The van der Waals surface area contributed by atoms with Gasteiger partial charge in [-0.3, -0.25) is 9.98 Å². The monoisotopic (exact) mass is 1150 g/mol. The molecule has 0 fully saturated rings. The van der Waals surface area contributed by atoms with Gasteiger partial charge in [-0.25, -0.2) is 0 Å². The van der Waals surface area contributed by atoms with Crippen LogP contribution in [0.15, 0.2) is 58.5 Å². The van der Waals surface area contributed by atoms with Crippen molar-refractivity contribution >= 4 is 22.8 Å². The van der Waals surface area contributed by atoms with Gasteiger partial charge >= 0.3 is 0 Å². The Morgan fingerprint density at radius 2 is 0.506 bits per heavy atom. The molecule has 77 heavy (non-hydrogen) atoms. The Kier molecular flexibility index (Phi) is 54.9. The van der Waals surface area contributed by atoms with Gasteiger partial charge in [-0.05, 0) is 87.5 Å². The molecule has 2 aromatic rings. The zero-order chi connectivity index (χ0) is 54.1. The normalized spacial score (nSPS) is 11.6. The molecular formula is C74H124N2Pd. The van der Waals surface area contributed by atoms with E-state index in [4.69, 9.17) is 9.98 Å². The SMILES string of the molecule is CCCCCCCCCCCCCCCCCCCC#CCCCc1ccccc1N=C(CCCC)C(CCCCCCCC)=Nc1ccccc1CCCC#CCCCCCCCCCCCCCCCCCCC.[Pd]. The summed E-state index contributed by atoms with van der Waals surface area (Å²) < 4.78 is 0. The molecule has 2 rings (SSSR count). The van der Waals surface area contributed by atoms with Gasteiger partial charge in [0.25, 0.3) is 0 Å². The minimum absolute atomic E-state index is 0. The first kappa shape index (κ1) is 72.6. The fourth-order valence-corrected chi connectivity index (χ4v) is 10.9. The molecule has 0 amide bonds. The third kappa shape index (κ3) is 44.9. The van der Waals surface area contributed by atoms with E-state index in [1.165, 1.54) is 279 Å². The molecule has 0 heterocycles. The molecule has 0 radical (unpaired) electrons. The van der Waals surface area contributed by atoms with E-state index >= 15 is 0 Å². The van der Waals surface area contributed by atoms with E-state index in [1.807, 2.05) is 0 Å². The molecular weight excluding hydrogens is 1020 g/mol. The van der Waals surface area contributed by atoms with Gasteiger partial charge in [-0.15, -0.1) is 23.7 Å². The first-order valence-electron chi connectivity index (χ1n) is 34.0. The first-order chi connectivity index (χ1) is 37.7. The second-order valence-corrected chi connectivity index (χ2v) is 23.2. The van der Waals surface area contributed by atoms with E-state index < -0.39 is 0 Å². The maximum atomic E-state index is 5.57. The van der Waals surface area contributed by atoms with Crippen molar-refractivity contribution < 1.29 is 20.4 Å². The topological polar surface area (TPSA) is 24.7 Å². The fraction of sp³-hybridized carbons (Fsp3) is 0.757. The summed E-state index contributed by atoms with van der Waals surface area (Å²) in [5, 5.41) is 0. The van der Waals surface area contributed by atoms with Crippen molar-refractivity contribution in [2.45, 2.75) is 362 Å². The maximum Gasteiger partial charge on any atom is 0.0665 e. The van der Waals surface area contributed by atoms with Crippen molar-refractivity contribution in [3.63, 3.8) is 0 Å². The van der Waals surface area contributed by atoms with E-state index in [2.05, 4.69) is 99.9 Å². The molecule has 0 N–H and O–H groups in total. The molecule has 0 aromatic heterocycles. The largest absolute Gasteiger partial charge is 0.251 e. The Balaban J connectivity index is 0.0000296. The zero-order valence-corrected chi connectivity index (χ0v) is 53.2. The molecule has 2 nitrogen and oxygen atoms in total. The number of para-hydroxylation sites is 2. The Labute approximate surface area is 495 Å². The van der Waals surface area contributed by atoms with Gasteiger partial charge in [0.05, 0.1) is 22.8 Å². The predicted octanol–water partition coefficient (Wildman–Crippen LogP) is 25.2. The average molecular weight is 1150 g/mol. The van der Waals surface area contributed by atoms with Gasteiger partial charge in [0.15, 0.2) is 0 Å². The van der Waals surface area contributed by atoms with E-state index in [9.17, 15) is 0 Å². The minimum Gasteiger partial charge on any atom is -0.251 e. The standard InChI is InChI=1S/C74H124N2.Pd/c1-5-9-13-16-19-21-23-25-27-29-31-33-35-37-39-41-43-45-47-49-51-54-61-69-63-57-59-66-71(69)75-73(65-12-8-4)74(68-56-53-18-15-11-7-3)76-72-67-60-58-64-70(72)62-55-52-50-48-46-44-42-40-38-36-34-32-30-28-26-24-22-20-17-14-10-6-2;/h57-60,63-64,66-67H,5-46,51-56,61-62,65,68H2,1-4H3;. The van der Waals surface area contributed by atoms with Crippen LogP contribution >= 0.6 is 0 Å². The number of hydrogen-bond donors (Lipinski definition) is 0. The Hall–Kier alpha value is -2.44. The third-order valence-electron chi connectivity index (χ3n) is 15.9. The van der Waals surface area contributed by atoms with Crippen molar-refractivity contribution in [3.05, 3.63) is 59.7 Å². The van der Waals surface area contributed by atoms with Gasteiger partial charge in [-0.1, -0.05) is 308 Å². The minimum atomic E-state index is 0. The van der Waals surface area contributed by atoms with E-state index in [0.29, 0.717) is 0 Å². The van der Waals surface area contributed by atoms with E-state index in [1.54, 1.807) is 0 Å². The van der Waals surface area contributed by atoms with Gasteiger partial charge in [0.2, 0.25) is 0 Å². The summed E-state index contributed by atoms with van der Waals surface area (Å²) in [5.41, 5.74) is 7.35. The van der Waals surface area contributed by atoms with E-state index in [-0.39, 0.29) is 20.4 Å². The predicted molar refractivity (Wildman–Crippen MR) is 344 cm³/mol. The molecule has 0 bridgehead atoms. The summed E-state index contributed by atoms with van der Waals surface area (Å²) in [6, 6.07) is 17.8. The molecule has 0 saturated heterocycles. The van der Waals surface area contributed by atoms with Crippen LogP contribution in [0.25, 0.3) is 0 Å². The van der Waals surface area contributed by atoms with Gasteiger partial charge in [-0.2, -0.15) is 0 Å². The van der Waals surface area contributed by atoms with Crippen LogP contribution in [0.2, 0.25) is 0 Å². The summed E-state index contributed by atoms with van der Waals surface area (Å²) in [6.45, 7) is 9.23. The van der Waals surface area contributed by atoms with Crippen molar-refractivity contribution in [2.24, 2.45) is 9.98 Å². The van der Waals surface area contributed by atoms with Gasteiger partial charge < -0.3 is 0 Å². The second-order valence-electron chi connectivity index (χ2n) is 23.2. The fourth-order valence-electron chi connectivity index (χ4n) is 10.9. The third-order valence-corrected chi connectivity index (χ3v) is 15.9. The van der Waals surface area contributed by atoms with Crippen molar-refractivity contribution in [1.29, 1.82) is 0 Å². The first-order valence-corrected chi connectivity index (χ1v) is 34.0. The second kappa shape index (κ2) is 58.2. The summed E-state index contributed by atoms with van der Waals surface area (Å²) in [5.74, 6) is 14.1. The van der Waals surface area contributed by atoms with Crippen molar-refractivity contribution in [3.8, 4) is 23.7 Å². The number of rotatable bonds is 53. The van der Waals surface area contributed by atoms with Crippen molar-refractivity contribution in [2.75, 3.05) is 0 Å². The number of aliphatic imine (C=N–C) groups is 2. The number of aryl methyl sites for hydroxylation is 2. The molecule has 0 aliphatic rings. The van der Waals surface area contributed by atoms with Crippen molar-refractivity contribution in [1.82, 2.24) is 0 Å². The summed E-state index contributed by atoms with van der Waals surface area (Å²) >= 11 is 0. The Morgan fingerprint density at radius 1 is 0.273 bits per heavy atom. The molecule has 0 spiro atoms. The van der Waals surface area contributed by atoms with Crippen LogP contribution in [0.4, 0.5) is 11.4 Å². The molecule has 0 aliphatic carbocycles. The number of benzene rings is 2. The quantitative estimate of drug-likeness (QED) is 0.0273. The van der Waals surface area contributed by atoms with Gasteiger partial charge in [0, 0.05) is 46.1 Å². The zero-order valence-electron chi connectivity index (χ0n) is 51.6. The summed E-state index contributed by atoms with van der Waals surface area (Å²) in [6.07, 6.45) is 68.4. The molecule has 0 aliphatic heterocycles. The number of hydrogen-bond acceptors (Lipinski definition) is 2. The maximum absolute atomic E-state index is 5.57. The van der Waals surface area contributed by atoms with Gasteiger partial charge in [0.1, 0.15) is 0 Å². The van der Waals surface area contributed by atoms with Crippen LogP contribution < -0.4 is 0 Å². The van der Waals surface area contributed by atoms with E-state index in [0.717, 1.165) is 88.4 Å². The molecule has 0 atom stereocenters. The van der Waals surface area contributed by atoms with Crippen LogP contribution in [0, 0.1) is 23.7 Å². The Bertz CT molecular complexity index is 1770. The molecule has 0 saturated carbocycles. The number of nitrogens with zero attached hydrogens (tertiary/aromatic N) is 2. The van der Waals surface area contributed by atoms with Crippen LogP contribution in [0.5, 0.6) is 0 Å².